The molecule has 1 aromatic carbocycles. The minimum atomic E-state index is -0.179. The molecule has 0 aliphatic rings. The Labute approximate surface area is 89.7 Å². The van der Waals surface area contributed by atoms with Crippen molar-refractivity contribution < 1.29 is 0 Å². The van der Waals surface area contributed by atoms with E-state index in [1.165, 1.54) is 5.56 Å². The second-order valence-corrected chi connectivity index (χ2v) is 6.07. The highest BCUT2D eigenvalue weighted by Gasteiger charge is 2.13. The summed E-state index contributed by atoms with van der Waals surface area (Å²) in [5.74, 6) is 0. The van der Waals surface area contributed by atoms with E-state index in [0.717, 1.165) is 0 Å². The van der Waals surface area contributed by atoms with E-state index in [9.17, 15) is 0 Å². The first-order chi connectivity index (χ1) is 5.75. The van der Waals surface area contributed by atoms with Gasteiger partial charge in [0.25, 0.3) is 0 Å². The summed E-state index contributed by atoms with van der Waals surface area (Å²) < 4.78 is 0.617. The Balaban J connectivity index is 2.80. The van der Waals surface area contributed by atoms with Crippen LogP contribution in [0, 0.1) is 0 Å². The van der Waals surface area contributed by atoms with E-state index >= 15 is 0 Å². The van der Waals surface area contributed by atoms with Gasteiger partial charge in [0.15, 0.2) is 0 Å². The standard InChI is InChI=1S/C9H12N.BrH.Mg/c1-10(2)8-9-6-4-3-5-7-9;;/h3-8H,1-2H3;1H;/q;;+1/p-1. The van der Waals surface area contributed by atoms with Gasteiger partial charge in [-0.25, -0.2) is 0 Å². The lowest BCUT2D eigenvalue weighted by molar-refractivity contribution is 0.383. The first-order valence-electron chi connectivity index (χ1n) is 4.03. The van der Waals surface area contributed by atoms with Crippen molar-refractivity contribution in [2.24, 2.45) is 0 Å². The summed E-state index contributed by atoms with van der Waals surface area (Å²) in [7, 11) is 4.26. The molecule has 0 saturated carbocycles. The minimum Gasteiger partial charge on any atom is -0.326 e. The first kappa shape index (κ1) is 10.5. The molecule has 1 unspecified atom stereocenters. The molecule has 0 saturated heterocycles. The molecule has 0 aliphatic carbocycles. The topological polar surface area (TPSA) is 3.24 Å². The molecule has 1 atom stereocenters. The Bertz CT molecular complexity index is 225. The zero-order valence-corrected chi connectivity index (χ0v) is 10.5. The SMILES string of the molecule is CN(C)[CH]([Mg][Br])c1ccccc1. The molecule has 0 fully saturated rings. The van der Waals surface area contributed by atoms with Gasteiger partial charge in [-0.3, -0.25) is 0 Å². The van der Waals surface area contributed by atoms with E-state index in [4.69, 9.17) is 0 Å². The molecule has 0 spiro atoms. The third kappa shape index (κ3) is 2.73. The summed E-state index contributed by atoms with van der Waals surface area (Å²) in [6, 6.07) is 10.6. The van der Waals surface area contributed by atoms with Crippen LogP contribution >= 0.6 is 12.9 Å². The van der Waals surface area contributed by atoms with Gasteiger partial charge >= 0.3 is 18.2 Å². The van der Waals surface area contributed by atoms with Gasteiger partial charge in [-0.05, 0) is 18.3 Å². The number of benzene rings is 1. The largest absolute Gasteiger partial charge is 0.497 e. The van der Waals surface area contributed by atoms with Gasteiger partial charge in [0.2, 0.25) is 0 Å². The fraction of sp³-hybridized carbons (Fsp3) is 0.333. The van der Waals surface area contributed by atoms with Gasteiger partial charge in [-0.15, -0.1) is 0 Å². The molecule has 3 heteroatoms. The molecule has 0 radical (unpaired) electrons. The Hall–Kier alpha value is 0.426. The predicted molar refractivity (Wildman–Crippen MR) is 57.6 cm³/mol. The van der Waals surface area contributed by atoms with Crippen LogP contribution in [0.5, 0.6) is 0 Å². The van der Waals surface area contributed by atoms with Crippen LogP contribution in [0.3, 0.4) is 0 Å². The monoisotopic (exact) mass is 237 g/mol. The Morgan fingerprint density at radius 1 is 1.25 bits per heavy atom. The molecular weight excluding hydrogens is 226 g/mol. The third-order valence-electron chi connectivity index (χ3n) is 1.95. The maximum absolute atomic E-state index is 3.65. The number of hydrogen-bond acceptors (Lipinski definition) is 1. The molecule has 1 nitrogen and oxygen atoms in total. The number of nitrogens with zero attached hydrogens (tertiary/aromatic N) is 1. The van der Waals surface area contributed by atoms with Crippen LogP contribution in [0.25, 0.3) is 0 Å². The molecule has 12 heavy (non-hydrogen) atoms. The lowest BCUT2D eigenvalue weighted by Gasteiger charge is -2.22. The van der Waals surface area contributed by atoms with Gasteiger partial charge in [-0.1, -0.05) is 35.9 Å². The van der Waals surface area contributed by atoms with Crippen molar-refractivity contribution in [3.8, 4) is 0 Å². The van der Waals surface area contributed by atoms with Crippen LogP contribution in [0.15, 0.2) is 30.3 Å². The summed E-state index contributed by atoms with van der Waals surface area (Å²) in [5, 5.41) is 0. The second-order valence-electron chi connectivity index (χ2n) is 3.04. The normalized spacial score (nSPS) is 12.7. The van der Waals surface area contributed by atoms with Crippen LogP contribution in [0.1, 0.15) is 9.73 Å². The van der Waals surface area contributed by atoms with Crippen molar-refractivity contribution in [1.82, 2.24) is 4.90 Å². The van der Waals surface area contributed by atoms with E-state index < -0.39 is 0 Å². The molecule has 0 heterocycles. The van der Waals surface area contributed by atoms with Crippen LogP contribution in [-0.4, -0.2) is 37.2 Å². The number of rotatable bonds is 3. The van der Waals surface area contributed by atoms with Crippen molar-refractivity contribution in [3.05, 3.63) is 35.9 Å². The summed E-state index contributed by atoms with van der Waals surface area (Å²) in [6.45, 7) is 0. The predicted octanol–water partition coefficient (Wildman–Crippen LogP) is 2.26. The van der Waals surface area contributed by atoms with E-state index in [1.54, 1.807) is 0 Å². The molecule has 1 aromatic rings. The summed E-state index contributed by atoms with van der Waals surface area (Å²) in [5.41, 5.74) is 1.42. The van der Waals surface area contributed by atoms with Crippen molar-refractivity contribution in [3.63, 3.8) is 0 Å². The maximum Gasteiger partial charge on any atom is 0.497 e. The fourth-order valence-corrected chi connectivity index (χ4v) is 4.79. The molecule has 1 rings (SSSR count). The van der Waals surface area contributed by atoms with Crippen LogP contribution < -0.4 is 0 Å². The minimum absolute atomic E-state index is 0.179. The van der Waals surface area contributed by atoms with Crippen molar-refractivity contribution in [2.45, 2.75) is 4.17 Å². The highest BCUT2D eigenvalue weighted by Crippen LogP contribution is 2.17. The van der Waals surface area contributed by atoms with Crippen LogP contribution in [0.2, 0.25) is 0 Å². The highest BCUT2D eigenvalue weighted by molar-refractivity contribution is 9.23. The van der Waals surface area contributed by atoms with E-state index in [2.05, 4.69) is 62.2 Å². The molecule has 0 bridgehead atoms. The smallest absolute Gasteiger partial charge is 0.326 e. The summed E-state index contributed by atoms with van der Waals surface area (Å²) in [6.07, 6.45) is 0. The van der Waals surface area contributed by atoms with Crippen LogP contribution in [0.4, 0.5) is 0 Å². The molecule has 0 amide bonds. The van der Waals surface area contributed by atoms with Gasteiger partial charge in [0.1, 0.15) is 0 Å². The van der Waals surface area contributed by atoms with E-state index in [-0.39, 0.29) is 18.2 Å². The Morgan fingerprint density at radius 3 is 2.25 bits per heavy atom. The van der Waals surface area contributed by atoms with Gasteiger partial charge < -0.3 is 17.8 Å². The quantitative estimate of drug-likeness (QED) is 0.730. The van der Waals surface area contributed by atoms with Crippen molar-refractivity contribution in [2.75, 3.05) is 14.1 Å². The summed E-state index contributed by atoms with van der Waals surface area (Å²) >= 11 is 3.47. The second kappa shape index (κ2) is 5.22. The lowest BCUT2D eigenvalue weighted by atomic mass is 10.2. The van der Waals surface area contributed by atoms with Crippen LogP contribution in [-0.2, 0) is 0 Å². The molecule has 0 N–H and O–H groups in total. The summed E-state index contributed by atoms with van der Waals surface area (Å²) in [4.78, 5) is 2.27. The van der Waals surface area contributed by atoms with Crippen molar-refractivity contribution >= 4 is 31.1 Å². The molecular formula is C9H12BrMgN. The lowest BCUT2D eigenvalue weighted by Crippen LogP contribution is -2.22. The van der Waals surface area contributed by atoms with Gasteiger partial charge in [0.05, 0.1) is 0 Å². The zero-order chi connectivity index (χ0) is 8.97. The van der Waals surface area contributed by atoms with Crippen molar-refractivity contribution in [1.29, 1.82) is 0 Å². The molecule has 0 aliphatic heterocycles. The zero-order valence-electron chi connectivity index (χ0n) is 7.50. The first-order valence-corrected chi connectivity index (χ1v) is 8.74. The average molecular weight is 238 g/mol. The van der Waals surface area contributed by atoms with E-state index in [0.29, 0.717) is 4.17 Å². The number of hydrogen-bond donors (Lipinski definition) is 0. The molecule has 0 aromatic heterocycles. The van der Waals surface area contributed by atoms with Gasteiger partial charge in [-0.2, -0.15) is 0 Å². The number of halogens is 1. The highest BCUT2D eigenvalue weighted by atomic mass is 79.9. The third-order valence-corrected chi connectivity index (χ3v) is 5.29. The Kier molecular flexibility index (Phi) is 4.57. The van der Waals surface area contributed by atoms with Gasteiger partial charge in [0, 0.05) is 0 Å². The maximum atomic E-state index is 3.65. The Morgan fingerprint density at radius 2 is 1.83 bits per heavy atom. The fourth-order valence-electron chi connectivity index (χ4n) is 1.20. The molecule has 62 valence electrons. The van der Waals surface area contributed by atoms with E-state index in [1.807, 2.05) is 0 Å². The average Bonchev–Trinajstić information content (AvgIpc) is 2.07.